The highest BCUT2D eigenvalue weighted by atomic mass is 16.5. The third-order valence-corrected chi connectivity index (χ3v) is 4.09. The highest BCUT2D eigenvalue weighted by Crippen LogP contribution is 2.16. The van der Waals surface area contributed by atoms with Gasteiger partial charge in [0.25, 0.3) is 0 Å². The van der Waals surface area contributed by atoms with Gasteiger partial charge in [0.15, 0.2) is 0 Å². The van der Waals surface area contributed by atoms with Crippen molar-refractivity contribution < 1.29 is 14.3 Å². The van der Waals surface area contributed by atoms with Crippen LogP contribution in [0.5, 0.6) is 0 Å². The summed E-state index contributed by atoms with van der Waals surface area (Å²) >= 11 is 0. The molecule has 1 fully saturated rings. The average molecular weight is 333 g/mol. The molecular formula is C18H27N3O3. The predicted octanol–water partition coefficient (Wildman–Crippen LogP) is 2.45. The molecule has 0 saturated carbocycles. The molecule has 0 spiro atoms. The van der Waals surface area contributed by atoms with Crippen molar-refractivity contribution in [2.24, 2.45) is 0 Å². The number of benzene rings is 1. The Hall–Kier alpha value is -1.92. The minimum absolute atomic E-state index is 0.167. The second kappa shape index (κ2) is 8.80. The fourth-order valence-corrected chi connectivity index (χ4v) is 2.88. The Labute approximate surface area is 143 Å². The topological polar surface area (TPSA) is 70.7 Å². The molecule has 0 aromatic heterocycles. The Kier molecular flexibility index (Phi) is 6.75. The van der Waals surface area contributed by atoms with Crippen LogP contribution in [0.25, 0.3) is 0 Å². The third kappa shape index (κ3) is 5.94. The molecule has 6 heteroatoms. The number of carbonyl (C=O) groups excluding carboxylic acids is 2. The number of nitrogens with one attached hydrogen (secondary N) is 2. The Morgan fingerprint density at radius 2 is 2.08 bits per heavy atom. The first-order valence-corrected chi connectivity index (χ1v) is 8.42. The molecule has 1 atom stereocenters. The van der Waals surface area contributed by atoms with Gasteiger partial charge in [0.2, 0.25) is 5.91 Å². The Balaban J connectivity index is 1.75. The summed E-state index contributed by atoms with van der Waals surface area (Å²) in [7, 11) is 1.86. The van der Waals surface area contributed by atoms with Crippen molar-refractivity contribution in [1.29, 1.82) is 0 Å². The normalized spacial score (nSPS) is 17.6. The number of hydrogen-bond acceptors (Lipinski definition) is 4. The summed E-state index contributed by atoms with van der Waals surface area (Å²) in [5.74, 6) is -0.324. The molecule has 1 saturated heterocycles. The maximum absolute atomic E-state index is 12.0. The number of carbonyl (C=O) groups is 2. The van der Waals surface area contributed by atoms with Crippen molar-refractivity contribution in [3.8, 4) is 0 Å². The van der Waals surface area contributed by atoms with Gasteiger partial charge in [-0.1, -0.05) is 17.7 Å². The number of imide groups is 1. The van der Waals surface area contributed by atoms with Crippen LogP contribution in [0, 0.1) is 13.8 Å². The van der Waals surface area contributed by atoms with Crippen molar-refractivity contribution in [2.45, 2.75) is 39.2 Å². The van der Waals surface area contributed by atoms with Crippen molar-refractivity contribution in [3.63, 3.8) is 0 Å². The van der Waals surface area contributed by atoms with E-state index >= 15 is 0 Å². The summed E-state index contributed by atoms with van der Waals surface area (Å²) in [5, 5.41) is 5.08. The van der Waals surface area contributed by atoms with Gasteiger partial charge in [-0.15, -0.1) is 0 Å². The number of anilines is 1. The van der Waals surface area contributed by atoms with E-state index in [1.54, 1.807) is 0 Å². The number of urea groups is 1. The lowest BCUT2D eigenvalue weighted by molar-refractivity contribution is -0.121. The van der Waals surface area contributed by atoms with Gasteiger partial charge in [0.1, 0.15) is 0 Å². The summed E-state index contributed by atoms with van der Waals surface area (Å²) in [6.07, 6.45) is 3.49. The molecule has 1 heterocycles. The van der Waals surface area contributed by atoms with Crippen molar-refractivity contribution in [2.75, 3.05) is 32.1 Å². The van der Waals surface area contributed by atoms with Crippen LogP contribution in [0.3, 0.4) is 0 Å². The minimum Gasteiger partial charge on any atom is -0.377 e. The van der Waals surface area contributed by atoms with Gasteiger partial charge in [-0.3, -0.25) is 15.0 Å². The second-order valence-electron chi connectivity index (χ2n) is 6.51. The molecule has 0 radical (unpaired) electrons. The van der Waals surface area contributed by atoms with Crippen molar-refractivity contribution in [3.05, 3.63) is 29.3 Å². The van der Waals surface area contributed by atoms with E-state index in [1.165, 1.54) is 6.42 Å². The van der Waals surface area contributed by atoms with Crippen LogP contribution >= 0.6 is 0 Å². The maximum atomic E-state index is 12.0. The molecule has 0 aliphatic carbocycles. The highest BCUT2D eigenvalue weighted by Gasteiger charge is 2.18. The van der Waals surface area contributed by atoms with Crippen molar-refractivity contribution >= 4 is 17.6 Å². The number of likely N-dealkylation sites (N-methyl/N-ethyl adjacent to an activating group) is 1. The second-order valence-corrected chi connectivity index (χ2v) is 6.51. The molecule has 3 amide bonds. The van der Waals surface area contributed by atoms with Crippen LogP contribution in [-0.4, -0.2) is 49.7 Å². The van der Waals surface area contributed by atoms with Gasteiger partial charge in [-0.05, 0) is 51.8 Å². The van der Waals surface area contributed by atoms with E-state index in [4.69, 9.17) is 4.74 Å². The quantitative estimate of drug-likeness (QED) is 0.868. The molecule has 1 aromatic carbocycles. The highest BCUT2D eigenvalue weighted by molar-refractivity contribution is 6.02. The van der Waals surface area contributed by atoms with Gasteiger partial charge < -0.3 is 10.1 Å². The monoisotopic (exact) mass is 333 g/mol. The van der Waals surface area contributed by atoms with Gasteiger partial charge in [0, 0.05) is 18.8 Å². The van der Waals surface area contributed by atoms with E-state index in [9.17, 15) is 9.59 Å². The van der Waals surface area contributed by atoms with Crippen molar-refractivity contribution in [1.82, 2.24) is 10.2 Å². The summed E-state index contributed by atoms with van der Waals surface area (Å²) in [4.78, 5) is 25.8. The third-order valence-electron chi connectivity index (χ3n) is 4.09. The first kappa shape index (κ1) is 18.4. The zero-order valence-electron chi connectivity index (χ0n) is 14.7. The molecule has 2 rings (SSSR count). The molecule has 1 aliphatic rings. The smallest absolute Gasteiger partial charge is 0.325 e. The fraction of sp³-hybridized carbons (Fsp3) is 0.556. The van der Waals surface area contributed by atoms with Crippen LogP contribution in [0.15, 0.2) is 18.2 Å². The molecule has 6 nitrogen and oxygen atoms in total. The molecular weight excluding hydrogens is 306 g/mol. The number of hydrogen-bond donors (Lipinski definition) is 2. The minimum atomic E-state index is -0.505. The number of aryl methyl sites for hydroxylation is 2. The van der Waals surface area contributed by atoms with Crippen LogP contribution in [0.2, 0.25) is 0 Å². The number of ether oxygens (including phenoxy) is 1. The fourth-order valence-electron chi connectivity index (χ4n) is 2.88. The van der Waals surface area contributed by atoms with Gasteiger partial charge in [0.05, 0.1) is 12.6 Å². The van der Waals surface area contributed by atoms with Crippen LogP contribution in [0.1, 0.15) is 30.4 Å². The predicted molar refractivity (Wildman–Crippen MR) is 94.2 cm³/mol. The molecule has 24 heavy (non-hydrogen) atoms. The van der Waals surface area contributed by atoms with E-state index in [0.29, 0.717) is 12.2 Å². The average Bonchev–Trinajstić information content (AvgIpc) is 2.50. The molecule has 1 aromatic rings. The number of rotatable bonds is 5. The Bertz CT molecular complexity index is 583. The van der Waals surface area contributed by atoms with E-state index in [0.717, 1.165) is 30.6 Å². The standard InChI is InChI=1S/C18H27N3O3/c1-13-7-8-16(14(2)10-13)19-18(23)20-17(22)12-21(3)11-15-6-4-5-9-24-15/h7-8,10,15H,4-6,9,11-12H2,1-3H3,(H2,19,20,22,23). The van der Waals surface area contributed by atoms with E-state index in [1.807, 2.05) is 44.0 Å². The summed E-state index contributed by atoms with van der Waals surface area (Å²) in [6.45, 7) is 5.57. The summed E-state index contributed by atoms with van der Waals surface area (Å²) in [5.41, 5.74) is 2.79. The molecule has 2 N–H and O–H groups in total. The van der Waals surface area contributed by atoms with Gasteiger partial charge in [-0.2, -0.15) is 0 Å². The Morgan fingerprint density at radius 3 is 2.75 bits per heavy atom. The zero-order valence-corrected chi connectivity index (χ0v) is 14.7. The maximum Gasteiger partial charge on any atom is 0.325 e. The van der Waals surface area contributed by atoms with E-state index in [2.05, 4.69) is 10.6 Å². The van der Waals surface area contributed by atoms with E-state index in [-0.39, 0.29) is 18.6 Å². The number of nitrogens with zero attached hydrogens (tertiary/aromatic N) is 1. The molecule has 1 unspecified atom stereocenters. The van der Waals surface area contributed by atoms with Crippen LogP contribution in [0.4, 0.5) is 10.5 Å². The van der Waals surface area contributed by atoms with Gasteiger partial charge in [-0.25, -0.2) is 4.79 Å². The first-order valence-electron chi connectivity index (χ1n) is 8.42. The van der Waals surface area contributed by atoms with E-state index < -0.39 is 6.03 Å². The molecule has 132 valence electrons. The SMILES string of the molecule is Cc1ccc(NC(=O)NC(=O)CN(C)CC2CCCCO2)c(C)c1. The lowest BCUT2D eigenvalue weighted by Gasteiger charge is -2.26. The number of amides is 3. The van der Waals surface area contributed by atoms with Gasteiger partial charge >= 0.3 is 6.03 Å². The first-order chi connectivity index (χ1) is 11.4. The lowest BCUT2D eigenvalue weighted by atomic mass is 10.1. The largest absolute Gasteiger partial charge is 0.377 e. The summed E-state index contributed by atoms with van der Waals surface area (Å²) < 4.78 is 5.66. The Morgan fingerprint density at radius 1 is 1.29 bits per heavy atom. The lowest BCUT2D eigenvalue weighted by Crippen LogP contribution is -2.43. The molecule has 1 aliphatic heterocycles. The van der Waals surface area contributed by atoms with Crippen LogP contribution in [-0.2, 0) is 9.53 Å². The molecule has 0 bridgehead atoms. The zero-order chi connectivity index (χ0) is 17.5. The van der Waals surface area contributed by atoms with Crippen LogP contribution < -0.4 is 10.6 Å². The summed E-state index contributed by atoms with van der Waals surface area (Å²) in [6, 6.07) is 5.23.